The average Bonchev–Trinajstić information content (AvgIpc) is 3.16. The molecule has 0 aromatic heterocycles. The molecule has 1 N–H and O–H groups in total. The van der Waals surface area contributed by atoms with Crippen molar-refractivity contribution in [3.05, 3.63) is 30.1 Å². The highest BCUT2D eigenvalue weighted by Crippen LogP contribution is 2.29. The van der Waals surface area contributed by atoms with Crippen LogP contribution in [0.15, 0.2) is 24.3 Å². The monoisotopic (exact) mass is 262 g/mol. The lowest BCUT2D eigenvalue weighted by molar-refractivity contribution is -0.121. The molecule has 1 atom stereocenters. The number of nitrogens with zero attached hydrogens (tertiary/aromatic N) is 1. The quantitative estimate of drug-likeness (QED) is 0.836. The molecule has 0 bridgehead atoms. The summed E-state index contributed by atoms with van der Waals surface area (Å²) in [5, 5.41) is 3.15. The zero-order valence-corrected chi connectivity index (χ0v) is 10.4. The van der Waals surface area contributed by atoms with Crippen LogP contribution in [0.4, 0.5) is 10.1 Å². The van der Waals surface area contributed by atoms with Gasteiger partial charge in [0, 0.05) is 0 Å². The van der Waals surface area contributed by atoms with Crippen molar-refractivity contribution in [2.45, 2.75) is 25.3 Å². The maximum atomic E-state index is 12.9. The predicted octanol–water partition coefficient (Wildman–Crippen LogP) is 1.46. The fourth-order valence-electron chi connectivity index (χ4n) is 2.28. The van der Waals surface area contributed by atoms with Crippen LogP contribution < -0.4 is 10.2 Å². The molecule has 1 aliphatic carbocycles. The van der Waals surface area contributed by atoms with Crippen molar-refractivity contribution >= 4 is 17.5 Å². The lowest BCUT2D eigenvalue weighted by Gasteiger charge is -2.15. The summed E-state index contributed by atoms with van der Waals surface area (Å²) in [6.07, 6.45) is 2.58. The van der Waals surface area contributed by atoms with Crippen molar-refractivity contribution in [1.29, 1.82) is 0 Å². The molecule has 19 heavy (non-hydrogen) atoms. The number of benzene rings is 1. The summed E-state index contributed by atoms with van der Waals surface area (Å²) in [7, 11) is 0. The average molecular weight is 262 g/mol. The number of imide groups is 1. The van der Waals surface area contributed by atoms with E-state index in [0.29, 0.717) is 11.6 Å². The molecule has 1 aromatic rings. The lowest BCUT2D eigenvalue weighted by atomic mass is 10.2. The number of carbonyl (C=O) groups excluding carboxylic acids is 2. The van der Waals surface area contributed by atoms with Crippen LogP contribution in [0.1, 0.15) is 19.3 Å². The van der Waals surface area contributed by atoms with Crippen LogP contribution in [0.2, 0.25) is 0 Å². The Bertz CT molecular complexity index is 511. The molecule has 4 nitrogen and oxygen atoms in total. The molecule has 100 valence electrons. The number of halogens is 1. The summed E-state index contributed by atoms with van der Waals surface area (Å²) in [5.41, 5.74) is 0.437. The number of rotatable bonds is 4. The lowest BCUT2D eigenvalue weighted by Crippen LogP contribution is -2.39. The first-order chi connectivity index (χ1) is 9.15. The summed E-state index contributed by atoms with van der Waals surface area (Å²) in [6.45, 7) is 0.793. The fourth-order valence-corrected chi connectivity index (χ4v) is 2.28. The van der Waals surface area contributed by atoms with Crippen LogP contribution in [0.25, 0.3) is 0 Å². The third-order valence-electron chi connectivity index (χ3n) is 3.58. The summed E-state index contributed by atoms with van der Waals surface area (Å²) in [5.74, 6) is -0.198. The number of nitrogens with one attached hydrogen (secondary N) is 1. The first-order valence-electron chi connectivity index (χ1n) is 6.51. The predicted molar refractivity (Wildman–Crippen MR) is 68.0 cm³/mol. The summed E-state index contributed by atoms with van der Waals surface area (Å²) < 4.78 is 12.9. The first-order valence-corrected chi connectivity index (χ1v) is 6.51. The molecule has 1 heterocycles. The highest BCUT2D eigenvalue weighted by molar-refractivity contribution is 6.22. The Morgan fingerprint density at radius 1 is 1.21 bits per heavy atom. The van der Waals surface area contributed by atoms with E-state index in [0.717, 1.165) is 11.4 Å². The molecule has 2 aliphatic rings. The molecular formula is C14H15FN2O2. The van der Waals surface area contributed by atoms with E-state index in [4.69, 9.17) is 0 Å². The number of amides is 2. The van der Waals surface area contributed by atoms with Gasteiger partial charge in [-0.15, -0.1) is 0 Å². The van der Waals surface area contributed by atoms with Crippen molar-refractivity contribution in [3.63, 3.8) is 0 Å². The summed E-state index contributed by atoms with van der Waals surface area (Å²) >= 11 is 0. The number of anilines is 1. The van der Waals surface area contributed by atoms with Crippen molar-refractivity contribution in [2.75, 3.05) is 11.4 Å². The van der Waals surface area contributed by atoms with E-state index in [2.05, 4.69) is 5.32 Å². The van der Waals surface area contributed by atoms with E-state index in [1.807, 2.05) is 0 Å². The number of hydrogen-bond acceptors (Lipinski definition) is 3. The van der Waals surface area contributed by atoms with Gasteiger partial charge in [-0.2, -0.15) is 0 Å². The standard InChI is InChI=1S/C14H15FN2O2/c15-10-3-5-11(6-4-10)17-13(18)7-12(14(17)19)16-8-9-1-2-9/h3-6,9,12,16H,1-2,7-8H2/t12-/m0/s1. The minimum atomic E-state index is -0.432. The summed E-state index contributed by atoms with van der Waals surface area (Å²) in [6, 6.07) is 4.97. The van der Waals surface area contributed by atoms with E-state index < -0.39 is 6.04 Å². The maximum Gasteiger partial charge on any atom is 0.251 e. The van der Waals surface area contributed by atoms with Crippen molar-refractivity contribution in [2.24, 2.45) is 5.92 Å². The Morgan fingerprint density at radius 3 is 2.53 bits per heavy atom. The molecule has 5 heteroatoms. The van der Waals surface area contributed by atoms with Gasteiger partial charge in [0.2, 0.25) is 5.91 Å². The molecule has 2 amide bonds. The van der Waals surface area contributed by atoms with Crippen molar-refractivity contribution in [3.8, 4) is 0 Å². The molecule has 0 spiro atoms. The minimum Gasteiger partial charge on any atom is -0.305 e. The Morgan fingerprint density at radius 2 is 1.89 bits per heavy atom. The maximum absolute atomic E-state index is 12.9. The molecule has 0 radical (unpaired) electrons. The second kappa shape index (κ2) is 4.74. The van der Waals surface area contributed by atoms with Gasteiger partial charge < -0.3 is 5.32 Å². The largest absolute Gasteiger partial charge is 0.305 e. The zero-order valence-electron chi connectivity index (χ0n) is 10.4. The normalized spacial score (nSPS) is 23.2. The third kappa shape index (κ3) is 2.51. The van der Waals surface area contributed by atoms with Gasteiger partial charge in [0.25, 0.3) is 5.91 Å². The van der Waals surface area contributed by atoms with Gasteiger partial charge in [-0.05, 0) is 49.6 Å². The van der Waals surface area contributed by atoms with Gasteiger partial charge in [-0.1, -0.05) is 0 Å². The van der Waals surface area contributed by atoms with E-state index >= 15 is 0 Å². The molecular weight excluding hydrogens is 247 g/mol. The van der Waals surface area contributed by atoms with Crippen molar-refractivity contribution in [1.82, 2.24) is 5.32 Å². The van der Waals surface area contributed by atoms with Gasteiger partial charge >= 0.3 is 0 Å². The second-order valence-electron chi connectivity index (χ2n) is 5.15. The van der Waals surface area contributed by atoms with Crippen LogP contribution in [-0.4, -0.2) is 24.4 Å². The summed E-state index contributed by atoms with van der Waals surface area (Å²) in [4.78, 5) is 25.2. The first kappa shape index (κ1) is 12.3. The van der Waals surface area contributed by atoms with Gasteiger partial charge in [0.15, 0.2) is 0 Å². The van der Waals surface area contributed by atoms with Crippen molar-refractivity contribution < 1.29 is 14.0 Å². The highest BCUT2D eigenvalue weighted by atomic mass is 19.1. The molecule has 0 unspecified atom stereocenters. The highest BCUT2D eigenvalue weighted by Gasteiger charge is 2.39. The second-order valence-corrected chi connectivity index (χ2v) is 5.15. The van der Waals surface area contributed by atoms with Crippen LogP contribution in [-0.2, 0) is 9.59 Å². The molecule has 1 aliphatic heterocycles. The SMILES string of the molecule is O=C1C[C@H](NCC2CC2)C(=O)N1c1ccc(F)cc1. The van der Waals surface area contributed by atoms with E-state index in [9.17, 15) is 14.0 Å². The Labute approximate surface area is 110 Å². The Hall–Kier alpha value is -1.75. The van der Waals surface area contributed by atoms with Gasteiger partial charge in [-0.25, -0.2) is 9.29 Å². The van der Waals surface area contributed by atoms with Gasteiger partial charge in [0.05, 0.1) is 18.2 Å². The molecule has 1 saturated heterocycles. The van der Waals surface area contributed by atoms with E-state index in [-0.39, 0.29) is 24.1 Å². The minimum absolute atomic E-state index is 0.183. The van der Waals surface area contributed by atoms with Crippen LogP contribution >= 0.6 is 0 Å². The molecule has 3 rings (SSSR count). The topological polar surface area (TPSA) is 49.4 Å². The number of carbonyl (C=O) groups is 2. The van der Waals surface area contributed by atoms with Gasteiger partial charge in [0.1, 0.15) is 5.82 Å². The molecule has 2 fully saturated rings. The zero-order chi connectivity index (χ0) is 13.4. The third-order valence-corrected chi connectivity index (χ3v) is 3.58. The smallest absolute Gasteiger partial charge is 0.251 e. The molecule has 1 aromatic carbocycles. The van der Waals surface area contributed by atoms with E-state index in [1.165, 1.54) is 37.1 Å². The number of hydrogen-bond donors (Lipinski definition) is 1. The molecule has 1 saturated carbocycles. The Kier molecular flexibility index (Phi) is 3.06. The van der Waals surface area contributed by atoms with Crippen LogP contribution in [0, 0.1) is 11.7 Å². The fraction of sp³-hybridized carbons (Fsp3) is 0.429. The van der Waals surface area contributed by atoms with E-state index in [1.54, 1.807) is 0 Å². The Balaban J connectivity index is 1.72. The van der Waals surface area contributed by atoms with Gasteiger partial charge in [-0.3, -0.25) is 9.59 Å². The van der Waals surface area contributed by atoms with Crippen LogP contribution in [0.5, 0.6) is 0 Å². The van der Waals surface area contributed by atoms with Crippen LogP contribution in [0.3, 0.4) is 0 Å².